The van der Waals surface area contributed by atoms with Crippen LogP contribution in [0.15, 0.2) is 18.3 Å². The second-order valence-corrected chi connectivity index (χ2v) is 7.29. The molecule has 1 saturated heterocycles. The van der Waals surface area contributed by atoms with Crippen LogP contribution >= 0.6 is 11.3 Å². The molecule has 0 radical (unpaired) electrons. The molecule has 1 atom stereocenters. The van der Waals surface area contributed by atoms with Gasteiger partial charge in [-0.2, -0.15) is 0 Å². The fourth-order valence-corrected chi connectivity index (χ4v) is 4.30. The van der Waals surface area contributed by atoms with Crippen LogP contribution in [0.1, 0.15) is 57.5 Å². The van der Waals surface area contributed by atoms with E-state index in [0.717, 1.165) is 36.4 Å². The van der Waals surface area contributed by atoms with E-state index in [4.69, 9.17) is 0 Å². The maximum Gasteiger partial charge on any atom is 0.268 e. The highest BCUT2D eigenvalue weighted by molar-refractivity contribution is 7.14. The van der Waals surface area contributed by atoms with E-state index in [1.54, 1.807) is 11.3 Å². The van der Waals surface area contributed by atoms with Gasteiger partial charge in [0.15, 0.2) is 0 Å². The van der Waals surface area contributed by atoms with Gasteiger partial charge in [-0.05, 0) is 62.8 Å². The Bertz CT molecular complexity index is 721. The quantitative estimate of drug-likeness (QED) is 0.908. The van der Waals surface area contributed by atoms with Gasteiger partial charge in [-0.15, -0.1) is 11.3 Å². The van der Waals surface area contributed by atoms with Gasteiger partial charge < -0.3 is 5.32 Å². The lowest BCUT2D eigenvalue weighted by atomic mass is 9.98. The molecule has 0 saturated carbocycles. The van der Waals surface area contributed by atoms with Gasteiger partial charge in [0.25, 0.3) is 5.91 Å². The number of carbonyl (C=O) groups excluding carboxylic acids is 1. The Morgan fingerprint density at radius 3 is 3.04 bits per heavy atom. The molecular weight excluding hydrogens is 308 g/mol. The molecule has 4 rings (SSSR count). The van der Waals surface area contributed by atoms with E-state index in [9.17, 15) is 4.79 Å². The van der Waals surface area contributed by atoms with Crippen LogP contribution in [0.5, 0.6) is 0 Å². The average Bonchev–Trinajstić information content (AvgIpc) is 3.26. The van der Waals surface area contributed by atoms with Crippen molar-refractivity contribution in [1.29, 1.82) is 0 Å². The molecule has 3 heterocycles. The van der Waals surface area contributed by atoms with Crippen LogP contribution in [0.2, 0.25) is 0 Å². The van der Waals surface area contributed by atoms with E-state index in [1.807, 2.05) is 12.3 Å². The van der Waals surface area contributed by atoms with Gasteiger partial charge >= 0.3 is 0 Å². The van der Waals surface area contributed by atoms with Gasteiger partial charge in [0.05, 0.1) is 4.88 Å². The number of amides is 1. The zero-order valence-electron chi connectivity index (χ0n) is 13.0. The zero-order valence-corrected chi connectivity index (χ0v) is 13.8. The molecule has 2 N–H and O–H groups in total. The maximum absolute atomic E-state index is 12.4. The predicted molar refractivity (Wildman–Crippen MR) is 90.9 cm³/mol. The summed E-state index contributed by atoms with van der Waals surface area (Å²) in [5.41, 5.74) is 2.31. The van der Waals surface area contributed by atoms with E-state index in [1.165, 1.54) is 29.7 Å². The normalized spacial score (nSPS) is 20.3. The SMILES string of the molecule is O=C(Nc1ncc2c(n1)CCCC2)c1ccc(C2CCCN2)s1. The van der Waals surface area contributed by atoms with Crippen molar-refractivity contribution < 1.29 is 4.79 Å². The van der Waals surface area contributed by atoms with Gasteiger partial charge in [-0.25, -0.2) is 9.97 Å². The van der Waals surface area contributed by atoms with Crippen LogP contribution in [0, 0.1) is 0 Å². The third-order valence-electron chi connectivity index (χ3n) is 4.54. The Labute approximate surface area is 139 Å². The van der Waals surface area contributed by atoms with Crippen molar-refractivity contribution in [3.8, 4) is 0 Å². The number of nitrogens with zero attached hydrogens (tertiary/aromatic N) is 2. The fourth-order valence-electron chi connectivity index (χ4n) is 3.29. The predicted octanol–water partition coefficient (Wildman–Crippen LogP) is 3.09. The number of nitrogens with one attached hydrogen (secondary N) is 2. The van der Waals surface area contributed by atoms with Crippen LogP contribution in [0.4, 0.5) is 5.95 Å². The first-order valence-electron chi connectivity index (χ1n) is 8.29. The largest absolute Gasteiger partial charge is 0.309 e. The number of hydrogen-bond acceptors (Lipinski definition) is 5. The number of aryl methyl sites for hydroxylation is 2. The Morgan fingerprint density at radius 2 is 2.17 bits per heavy atom. The molecule has 2 aliphatic rings. The van der Waals surface area contributed by atoms with Crippen LogP contribution in [-0.2, 0) is 12.8 Å². The summed E-state index contributed by atoms with van der Waals surface area (Å²) in [6.07, 6.45) is 8.61. The number of thiophene rings is 1. The van der Waals surface area contributed by atoms with E-state index in [0.29, 0.717) is 12.0 Å². The third kappa shape index (κ3) is 3.14. The minimum absolute atomic E-state index is 0.116. The molecule has 5 nitrogen and oxygen atoms in total. The van der Waals surface area contributed by atoms with Crippen molar-refractivity contribution in [2.24, 2.45) is 0 Å². The molecule has 0 aromatic carbocycles. The number of anilines is 1. The first kappa shape index (κ1) is 14.8. The Balaban J connectivity index is 1.47. The van der Waals surface area contributed by atoms with Crippen LogP contribution in [-0.4, -0.2) is 22.4 Å². The van der Waals surface area contributed by atoms with Crippen molar-refractivity contribution in [2.45, 2.75) is 44.6 Å². The van der Waals surface area contributed by atoms with Gasteiger partial charge in [0.1, 0.15) is 0 Å². The summed E-state index contributed by atoms with van der Waals surface area (Å²) in [4.78, 5) is 23.2. The summed E-state index contributed by atoms with van der Waals surface area (Å²) in [5, 5.41) is 6.30. The smallest absolute Gasteiger partial charge is 0.268 e. The molecule has 1 amide bonds. The Morgan fingerprint density at radius 1 is 1.26 bits per heavy atom. The second kappa shape index (κ2) is 6.37. The average molecular weight is 328 g/mol. The van der Waals surface area contributed by atoms with Gasteiger partial charge in [0, 0.05) is 22.8 Å². The molecule has 0 spiro atoms. The van der Waals surface area contributed by atoms with Crippen LogP contribution < -0.4 is 10.6 Å². The monoisotopic (exact) mass is 328 g/mol. The summed E-state index contributed by atoms with van der Waals surface area (Å²) < 4.78 is 0. The van der Waals surface area contributed by atoms with Crippen LogP contribution in [0.25, 0.3) is 0 Å². The number of rotatable bonds is 3. The van der Waals surface area contributed by atoms with E-state index < -0.39 is 0 Å². The molecule has 6 heteroatoms. The molecule has 0 bridgehead atoms. The number of fused-ring (bicyclic) bond motifs is 1. The zero-order chi connectivity index (χ0) is 15.6. The summed E-state index contributed by atoms with van der Waals surface area (Å²) in [6.45, 7) is 1.06. The number of aromatic nitrogens is 2. The highest BCUT2D eigenvalue weighted by Crippen LogP contribution is 2.29. The van der Waals surface area contributed by atoms with E-state index in [2.05, 4.69) is 26.7 Å². The van der Waals surface area contributed by atoms with Crippen molar-refractivity contribution in [3.05, 3.63) is 39.3 Å². The highest BCUT2D eigenvalue weighted by Gasteiger charge is 2.20. The first-order chi connectivity index (χ1) is 11.3. The summed E-state index contributed by atoms with van der Waals surface area (Å²) in [5.74, 6) is 0.305. The molecule has 1 fully saturated rings. The maximum atomic E-state index is 12.4. The minimum Gasteiger partial charge on any atom is -0.309 e. The first-order valence-corrected chi connectivity index (χ1v) is 9.10. The lowest BCUT2D eigenvalue weighted by Crippen LogP contribution is -2.15. The van der Waals surface area contributed by atoms with Crippen molar-refractivity contribution in [1.82, 2.24) is 15.3 Å². The molecule has 2 aromatic rings. The fraction of sp³-hybridized carbons (Fsp3) is 0.471. The second-order valence-electron chi connectivity index (χ2n) is 6.18. The van der Waals surface area contributed by atoms with E-state index in [-0.39, 0.29) is 5.91 Å². The third-order valence-corrected chi connectivity index (χ3v) is 5.74. The lowest BCUT2D eigenvalue weighted by Gasteiger charge is -2.14. The van der Waals surface area contributed by atoms with E-state index >= 15 is 0 Å². The standard InChI is InChI=1S/C17H20N4OS/c22-16(15-8-7-14(23-15)13-6-3-9-18-13)21-17-19-10-11-4-1-2-5-12(11)20-17/h7-8,10,13,18H,1-6,9H2,(H,19,20,21,22). The number of hydrogen-bond donors (Lipinski definition) is 2. The molecule has 1 aliphatic carbocycles. The van der Waals surface area contributed by atoms with Gasteiger partial charge in [-0.3, -0.25) is 10.1 Å². The molecular formula is C17H20N4OS. The van der Waals surface area contributed by atoms with Crippen LogP contribution in [0.3, 0.4) is 0 Å². The van der Waals surface area contributed by atoms with Crippen molar-refractivity contribution >= 4 is 23.2 Å². The summed E-state index contributed by atoms with van der Waals surface area (Å²) >= 11 is 1.56. The lowest BCUT2D eigenvalue weighted by molar-refractivity contribution is 0.102. The minimum atomic E-state index is -0.116. The Hall–Kier alpha value is -1.79. The molecule has 23 heavy (non-hydrogen) atoms. The van der Waals surface area contributed by atoms with Gasteiger partial charge in [0.2, 0.25) is 5.95 Å². The summed E-state index contributed by atoms with van der Waals surface area (Å²) in [7, 11) is 0. The molecule has 1 unspecified atom stereocenters. The molecule has 120 valence electrons. The Kier molecular flexibility index (Phi) is 4.10. The molecule has 1 aliphatic heterocycles. The van der Waals surface area contributed by atoms with Crippen molar-refractivity contribution in [2.75, 3.05) is 11.9 Å². The summed E-state index contributed by atoms with van der Waals surface area (Å²) in [6, 6.07) is 4.35. The number of carbonyl (C=O) groups is 1. The molecule has 2 aromatic heterocycles. The van der Waals surface area contributed by atoms with Gasteiger partial charge in [-0.1, -0.05) is 0 Å². The van der Waals surface area contributed by atoms with Crippen molar-refractivity contribution in [3.63, 3.8) is 0 Å². The topological polar surface area (TPSA) is 66.9 Å². The highest BCUT2D eigenvalue weighted by atomic mass is 32.1.